The van der Waals surface area contributed by atoms with Crippen LogP contribution in [0, 0.1) is 0 Å². The number of nitrogens with two attached hydrogens (primary N) is 3. The van der Waals surface area contributed by atoms with Crippen LogP contribution in [-0.2, 0) is 13.1 Å². The van der Waals surface area contributed by atoms with Crippen molar-refractivity contribution in [3.8, 4) is 0 Å². The smallest absolute Gasteiger partial charge is 0.166 e. The average Bonchev–Trinajstić information content (AvgIpc) is 2.30. The van der Waals surface area contributed by atoms with Crippen LogP contribution >= 0.6 is 0 Å². The Labute approximate surface area is 58.0 Å². The van der Waals surface area contributed by atoms with Gasteiger partial charge in [0, 0.05) is 0 Å². The lowest BCUT2D eigenvalue weighted by Crippen LogP contribution is -2.17. The summed E-state index contributed by atoms with van der Waals surface area (Å²) in [5.74, 6) is 6.39. The molecule has 0 amide bonds. The first-order valence-electron chi connectivity index (χ1n) is 2.88. The van der Waals surface area contributed by atoms with E-state index in [0.29, 0.717) is 11.6 Å². The van der Waals surface area contributed by atoms with Crippen LogP contribution in [-0.4, -0.2) is 14.9 Å². The van der Waals surface area contributed by atoms with Crippen LogP contribution in [0.1, 0.15) is 11.6 Å². The van der Waals surface area contributed by atoms with E-state index in [9.17, 15) is 0 Å². The van der Waals surface area contributed by atoms with Gasteiger partial charge in [0.2, 0.25) is 0 Å². The summed E-state index contributed by atoms with van der Waals surface area (Å²) in [5, 5.41) is 3.78. The summed E-state index contributed by atoms with van der Waals surface area (Å²) in [4.78, 5) is 5.06. The van der Waals surface area contributed by atoms with E-state index in [1.165, 1.54) is 0 Å². The molecule has 56 valence electrons. The lowest BCUT2D eigenvalue weighted by molar-refractivity contribution is 0.743. The van der Waals surface area contributed by atoms with Gasteiger partial charge in [-0.3, -0.25) is 0 Å². The normalized spacial score (nSPS) is 10.2. The first kappa shape index (κ1) is 6.97. The number of hydrogen-bond acceptors (Lipinski definition) is 5. The van der Waals surface area contributed by atoms with E-state index in [1.807, 2.05) is 0 Å². The monoisotopic (exact) mass is 142 g/mol. The second kappa shape index (κ2) is 2.63. The molecule has 0 radical (unpaired) electrons. The average molecular weight is 142 g/mol. The van der Waals surface area contributed by atoms with E-state index in [-0.39, 0.29) is 13.1 Å². The molecule has 0 aliphatic heterocycles. The molecular formula is C4H10N6. The van der Waals surface area contributed by atoms with Crippen molar-refractivity contribution in [3.05, 3.63) is 11.6 Å². The third-order valence-corrected chi connectivity index (χ3v) is 1.11. The molecule has 6 nitrogen and oxygen atoms in total. The van der Waals surface area contributed by atoms with Gasteiger partial charge in [-0.15, -0.1) is 5.10 Å². The van der Waals surface area contributed by atoms with Crippen LogP contribution in [0.3, 0.4) is 0 Å². The van der Waals surface area contributed by atoms with Crippen LogP contribution in [0.4, 0.5) is 0 Å². The zero-order chi connectivity index (χ0) is 7.56. The van der Waals surface area contributed by atoms with Crippen molar-refractivity contribution in [3.63, 3.8) is 0 Å². The number of nitrogens with zero attached hydrogens (tertiary/aromatic N) is 3. The lowest BCUT2D eigenvalue weighted by atomic mass is 10.6. The van der Waals surface area contributed by atoms with E-state index < -0.39 is 0 Å². The van der Waals surface area contributed by atoms with Crippen molar-refractivity contribution in [2.45, 2.75) is 13.1 Å². The second-order valence-electron chi connectivity index (χ2n) is 1.80. The molecule has 0 fully saturated rings. The Hall–Kier alpha value is -1.14. The van der Waals surface area contributed by atoms with Crippen LogP contribution in [0.2, 0.25) is 0 Å². The molecule has 0 unspecified atom stereocenters. The maximum Gasteiger partial charge on any atom is 0.166 e. The molecule has 1 heterocycles. The Kier molecular flexibility index (Phi) is 1.83. The molecule has 1 rings (SSSR count). The van der Waals surface area contributed by atoms with Gasteiger partial charge in [-0.2, -0.15) is 4.79 Å². The molecule has 0 aromatic carbocycles. The summed E-state index contributed by atoms with van der Waals surface area (Å²) in [7, 11) is 0. The number of hydrogen-bond donors (Lipinski definition) is 3. The van der Waals surface area contributed by atoms with Gasteiger partial charge in [-0.05, 0) is 0 Å². The topological polar surface area (TPSA) is 109 Å². The Balaban J connectivity index is 2.92. The van der Waals surface area contributed by atoms with Gasteiger partial charge in [0.25, 0.3) is 0 Å². The van der Waals surface area contributed by atoms with Crippen LogP contribution in [0.5, 0.6) is 0 Å². The quantitative estimate of drug-likeness (QED) is 0.410. The highest BCUT2D eigenvalue weighted by molar-refractivity contribution is 4.91. The van der Waals surface area contributed by atoms with Gasteiger partial charge in [0.05, 0.1) is 13.1 Å². The second-order valence-corrected chi connectivity index (χ2v) is 1.80. The molecular weight excluding hydrogens is 132 g/mol. The van der Waals surface area contributed by atoms with Crippen molar-refractivity contribution in [1.29, 1.82) is 0 Å². The van der Waals surface area contributed by atoms with Crippen molar-refractivity contribution in [1.82, 2.24) is 14.9 Å². The summed E-state index contributed by atoms with van der Waals surface area (Å²) >= 11 is 0. The molecule has 0 spiro atoms. The van der Waals surface area contributed by atoms with E-state index in [1.54, 1.807) is 0 Å². The molecule has 10 heavy (non-hydrogen) atoms. The highest BCUT2D eigenvalue weighted by Crippen LogP contribution is 1.91. The predicted octanol–water partition coefficient (Wildman–Crippen LogP) is -2.09. The maximum absolute atomic E-state index is 5.33. The summed E-state index contributed by atoms with van der Waals surface area (Å²) in [5.41, 5.74) is 10.5. The molecule has 6 N–H and O–H groups in total. The van der Waals surface area contributed by atoms with Gasteiger partial charge >= 0.3 is 0 Å². The summed E-state index contributed by atoms with van der Waals surface area (Å²) in [6.45, 7) is 0.570. The van der Waals surface area contributed by atoms with Crippen molar-refractivity contribution in [2.24, 2.45) is 11.5 Å². The van der Waals surface area contributed by atoms with Crippen LogP contribution in [0.25, 0.3) is 0 Å². The Morgan fingerprint density at radius 2 is 2.00 bits per heavy atom. The Morgan fingerprint density at radius 3 is 2.30 bits per heavy atom. The molecule has 0 saturated heterocycles. The predicted molar refractivity (Wildman–Crippen MR) is 36.0 cm³/mol. The SMILES string of the molecule is NCc1nc(CN)n(N)n1. The zero-order valence-electron chi connectivity index (χ0n) is 5.49. The molecule has 6 heteroatoms. The highest BCUT2D eigenvalue weighted by Gasteiger charge is 2.02. The van der Waals surface area contributed by atoms with E-state index in [2.05, 4.69) is 10.1 Å². The van der Waals surface area contributed by atoms with E-state index in [0.717, 1.165) is 4.79 Å². The van der Waals surface area contributed by atoms with Crippen molar-refractivity contribution < 1.29 is 0 Å². The fourth-order valence-electron chi connectivity index (χ4n) is 0.630. The molecule has 0 atom stereocenters. The standard InChI is InChI=1S/C4H10N6/c5-1-3-8-4(2-6)10(7)9-3/h1-2,5-7H2. The van der Waals surface area contributed by atoms with Crippen molar-refractivity contribution >= 4 is 0 Å². The first-order valence-corrected chi connectivity index (χ1v) is 2.88. The summed E-state index contributed by atoms with van der Waals surface area (Å²) < 4.78 is 0. The van der Waals surface area contributed by atoms with Crippen molar-refractivity contribution in [2.75, 3.05) is 5.84 Å². The minimum Gasteiger partial charge on any atom is -0.324 e. The lowest BCUT2D eigenvalue weighted by Gasteiger charge is -1.90. The van der Waals surface area contributed by atoms with E-state index >= 15 is 0 Å². The molecule has 1 aromatic heterocycles. The molecule has 0 bridgehead atoms. The molecule has 0 saturated carbocycles. The Bertz CT molecular complexity index is 216. The first-order chi connectivity index (χ1) is 4.77. The van der Waals surface area contributed by atoms with E-state index in [4.69, 9.17) is 17.3 Å². The highest BCUT2D eigenvalue weighted by atomic mass is 15.5. The van der Waals surface area contributed by atoms with Crippen LogP contribution < -0.4 is 17.3 Å². The third kappa shape index (κ3) is 1.07. The summed E-state index contributed by atoms with van der Waals surface area (Å²) in [6.07, 6.45) is 0. The number of aromatic nitrogens is 3. The van der Waals surface area contributed by atoms with Gasteiger partial charge in [0.1, 0.15) is 0 Å². The van der Waals surface area contributed by atoms with Crippen LogP contribution in [0.15, 0.2) is 0 Å². The molecule has 1 aromatic rings. The minimum absolute atomic E-state index is 0.281. The van der Waals surface area contributed by atoms with Gasteiger partial charge in [0.15, 0.2) is 11.6 Å². The number of rotatable bonds is 2. The Morgan fingerprint density at radius 1 is 1.30 bits per heavy atom. The molecule has 0 aliphatic rings. The largest absolute Gasteiger partial charge is 0.324 e. The number of nitrogen functional groups attached to an aromatic ring is 1. The third-order valence-electron chi connectivity index (χ3n) is 1.11. The molecule has 0 aliphatic carbocycles. The fraction of sp³-hybridized carbons (Fsp3) is 0.500. The summed E-state index contributed by atoms with van der Waals surface area (Å²) in [6, 6.07) is 0. The van der Waals surface area contributed by atoms with Gasteiger partial charge in [-0.1, -0.05) is 0 Å². The minimum atomic E-state index is 0.281. The van der Waals surface area contributed by atoms with Gasteiger partial charge < -0.3 is 17.3 Å². The maximum atomic E-state index is 5.33. The van der Waals surface area contributed by atoms with Gasteiger partial charge in [-0.25, -0.2) is 4.98 Å². The fourth-order valence-corrected chi connectivity index (χ4v) is 0.630. The zero-order valence-corrected chi connectivity index (χ0v) is 5.49.